The molecule has 3 unspecified atom stereocenters. The van der Waals surface area contributed by atoms with Gasteiger partial charge >= 0.3 is 0 Å². The molecule has 0 radical (unpaired) electrons. The molecule has 0 aliphatic rings. The normalized spacial score (nSPS) is 12.6. The van der Waals surface area contributed by atoms with E-state index in [2.05, 4.69) is 191 Å². The molecule has 0 aliphatic carbocycles. The van der Waals surface area contributed by atoms with Crippen LogP contribution in [0.3, 0.4) is 0 Å². The molecule has 0 bridgehead atoms. The lowest BCUT2D eigenvalue weighted by atomic mass is 9.97. The van der Waals surface area contributed by atoms with E-state index >= 15 is 0 Å². The summed E-state index contributed by atoms with van der Waals surface area (Å²) in [6.07, 6.45) is 60.7. The van der Waals surface area contributed by atoms with Crippen LogP contribution in [0.5, 0.6) is 0 Å². The monoisotopic (exact) mass is 1360 g/mol. The minimum absolute atomic E-state index is 0.222. The number of thioether (sulfide) groups is 3. The van der Waals surface area contributed by atoms with Gasteiger partial charge < -0.3 is 16.0 Å². The summed E-state index contributed by atoms with van der Waals surface area (Å²) in [5.41, 5.74) is 9.09. The van der Waals surface area contributed by atoms with E-state index in [0.29, 0.717) is 0 Å². The first-order chi connectivity index (χ1) is 45.6. The van der Waals surface area contributed by atoms with E-state index in [1.54, 1.807) is 0 Å². The highest BCUT2D eigenvalue weighted by atomic mass is 32.2. The summed E-state index contributed by atoms with van der Waals surface area (Å²) < 4.78 is 0. The van der Waals surface area contributed by atoms with Crippen LogP contribution < -0.4 is 16.0 Å². The van der Waals surface area contributed by atoms with Gasteiger partial charge in [-0.15, -0.1) is 69.3 Å². The van der Waals surface area contributed by atoms with E-state index in [9.17, 15) is 0 Å². The minimum atomic E-state index is 0.222. The van der Waals surface area contributed by atoms with Gasteiger partial charge in [-0.3, -0.25) is 0 Å². The smallest absolute Gasteiger partial charge is 0.107 e. The summed E-state index contributed by atoms with van der Waals surface area (Å²) in [5, 5.41) is 19.5. The number of anilines is 3. The molecule has 9 heteroatoms. The van der Waals surface area contributed by atoms with Crippen molar-refractivity contribution in [1.82, 2.24) is 0 Å². The molecule has 0 amide bonds. The molecule has 0 fully saturated rings. The Bertz CT molecular complexity index is 2560. The zero-order valence-electron chi connectivity index (χ0n) is 58.5. The van der Waals surface area contributed by atoms with Crippen LogP contribution >= 0.6 is 69.3 Å². The zero-order valence-corrected chi connectivity index (χ0v) is 63.4. The number of unbranched alkanes of at least 4 members (excludes halogenated alkanes) is 39. The average Bonchev–Trinajstić information content (AvgIpc) is 2.28. The first-order valence-electron chi connectivity index (χ1n) is 38.2. The molecule has 3 aromatic heterocycles. The lowest BCUT2D eigenvalue weighted by Gasteiger charge is -2.22. The topological polar surface area (TPSA) is 36.1 Å². The lowest BCUT2D eigenvalue weighted by Crippen LogP contribution is -2.09. The standard InChI is InChI=1S/C83H129N3S6/c1-4-7-10-13-16-19-22-25-28-31-34-37-40-43-62-90-81(78-49-46-65-87-78)84-75-57-52-71(53-58-75)68-73-56-61-77(86-83(80-51-48-67-89-80)92-64-45-42-39-36-33-30-27-24-21-18-15-12-9-6-3)74(70-73)69-72-54-59-76(60-55-72)85-82(79-50-47-66-88-79)91-63-44-41-38-35-32-29-26-23-20-17-14-11-8-5-2/h46-61,65-67,70,81-86H,4-45,62-64,68-69H2,1-3H3. The summed E-state index contributed by atoms with van der Waals surface area (Å²) in [4.78, 5) is 4.24. The zero-order chi connectivity index (χ0) is 64.2. The molecule has 3 heterocycles. The second-order valence-corrected chi connectivity index (χ2v) is 33.3. The Morgan fingerprint density at radius 1 is 0.283 bits per heavy atom. The molecule has 3 nitrogen and oxygen atoms in total. The van der Waals surface area contributed by atoms with E-state index < -0.39 is 0 Å². The summed E-state index contributed by atoms with van der Waals surface area (Å²) in [7, 11) is 0. The Kier molecular flexibility index (Phi) is 45.3. The third-order valence-electron chi connectivity index (χ3n) is 18.5. The molecule has 0 spiro atoms. The maximum Gasteiger partial charge on any atom is 0.107 e. The molecule has 6 rings (SSSR count). The van der Waals surface area contributed by atoms with Crippen molar-refractivity contribution in [3.63, 3.8) is 0 Å². The first-order valence-corrected chi connectivity index (χ1v) is 43.9. The van der Waals surface area contributed by atoms with Crippen molar-refractivity contribution >= 4 is 86.4 Å². The van der Waals surface area contributed by atoms with Gasteiger partial charge in [0.2, 0.25) is 0 Å². The van der Waals surface area contributed by atoms with Crippen LogP contribution in [0.25, 0.3) is 0 Å². The first kappa shape index (κ1) is 78.2. The molecule has 0 saturated heterocycles. The van der Waals surface area contributed by atoms with Gasteiger partial charge in [0, 0.05) is 31.7 Å². The van der Waals surface area contributed by atoms with Crippen LogP contribution in [-0.4, -0.2) is 17.3 Å². The van der Waals surface area contributed by atoms with Crippen molar-refractivity contribution in [2.45, 2.75) is 319 Å². The highest BCUT2D eigenvalue weighted by Crippen LogP contribution is 2.39. The predicted octanol–water partition coefficient (Wildman–Crippen LogP) is 30.0. The van der Waals surface area contributed by atoms with Crippen LogP contribution in [-0.2, 0) is 12.8 Å². The fourth-order valence-electron chi connectivity index (χ4n) is 12.8. The van der Waals surface area contributed by atoms with Crippen molar-refractivity contribution in [1.29, 1.82) is 0 Å². The van der Waals surface area contributed by atoms with E-state index in [1.165, 1.54) is 341 Å². The maximum atomic E-state index is 4.15. The summed E-state index contributed by atoms with van der Waals surface area (Å²) in [5.74, 6) is 3.57. The van der Waals surface area contributed by atoms with Gasteiger partial charge in [-0.1, -0.05) is 326 Å². The van der Waals surface area contributed by atoms with Crippen molar-refractivity contribution < 1.29 is 0 Å². The van der Waals surface area contributed by atoms with Gasteiger partial charge in [0.15, 0.2) is 0 Å². The number of benzene rings is 3. The number of hydrogen-bond donors (Lipinski definition) is 3. The maximum absolute atomic E-state index is 4.15. The van der Waals surface area contributed by atoms with Crippen LogP contribution in [0.2, 0.25) is 0 Å². The second kappa shape index (κ2) is 53.3. The molecule has 0 aliphatic heterocycles. The largest absolute Gasteiger partial charge is 0.369 e. The second-order valence-electron chi connectivity index (χ2n) is 26.8. The van der Waals surface area contributed by atoms with Gasteiger partial charge in [-0.25, -0.2) is 0 Å². The summed E-state index contributed by atoms with van der Waals surface area (Å²) in [6.45, 7) is 6.94. The highest BCUT2D eigenvalue weighted by molar-refractivity contribution is 8.00. The quantitative estimate of drug-likeness (QED) is 0.0261. The molecule has 6 aromatic rings. The highest BCUT2D eigenvalue weighted by Gasteiger charge is 2.19. The molecular weight excluding hydrogens is 1230 g/mol. The van der Waals surface area contributed by atoms with Crippen molar-refractivity contribution in [3.05, 3.63) is 156 Å². The fraction of sp³-hybridized carbons (Fsp3) is 0.639. The van der Waals surface area contributed by atoms with E-state index in [0.717, 1.165) is 12.8 Å². The average molecular weight is 1360 g/mol. The van der Waals surface area contributed by atoms with Crippen molar-refractivity contribution in [3.8, 4) is 0 Å². The predicted molar refractivity (Wildman–Crippen MR) is 425 cm³/mol. The fourth-order valence-corrected chi connectivity index (χ4v) is 19.1. The number of nitrogens with one attached hydrogen (secondary N) is 3. The van der Waals surface area contributed by atoms with Gasteiger partial charge in [0.25, 0.3) is 0 Å². The third kappa shape index (κ3) is 36.0. The molecule has 3 aromatic carbocycles. The number of hydrogen-bond acceptors (Lipinski definition) is 9. The number of thiophene rings is 3. The van der Waals surface area contributed by atoms with E-state index in [4.69, 9.17) is 0 Å². The van der Waals surface area contributed by atoms with Crippen molar-refractivity contribution in [2.24, 2.45) is 0 Å². The lowest BCUT2D eigenvalue weighted by molar-refractivity contribution is 0.538. The molecule has 0 saturated carbocycles. The van der Waals surface area contributed by atoms with Crippen LogP contribution in [0.1, 0.15) is 343 Å². The molecule has 3 atom stereocenters. The van der Waals surface area contributed by atoms with E-state index in [-0.39, 0.29) is 16.1 Å². The summed E-state index contributed by atoms with van der Waals surface area (Å²) >= 11 is 11.9. The number of rotatable bonds is 61. The van der Waals surface area contributed by atoms with Crippen molar-refractivity contribution in [2.75, 3.05) is 33.2 Å². The van der Waals surface area contributed by atoms with Gasteiger partial charge in [0.1, 0.15) is 16.1 Å². The minimum Gasteiger partial charge on any atom is -0.369 e. The molecule has 512 valence electrons. The molecule has 3 N–H and O–H groups in total. The van der Waals surface area contributed by atoms with E-state index in [1.807, 2.05) is 34.0 Å². The SMILES string of the molecule is CCCCCCCCCCCCCCCCSC(Nc1ccc(Cc2ccc(NC(SCCCCCCCCCCCCCCCC)c3cccs3)c(Cc3ccc(NC(SCCCCCCCCCCCCCCCC)c4cccs4)cc3)c2)cc1)c1cccs1. The Morgan fingerprint density at radius 3 is 0.848 bits per heavy atom. The van der Waals surface area contributed by atoms with Crippen LogP contribution in [0, 0.1) is 0 Å². The van der Waals surface area contributed by atoms with Gasteiger partial charge in [0.05, 0.1) is 0 Å². The Hall–Kier alpha value is -2.79. The molecule has 92 heavy (non-hydrogen) atoms. The van der Waals surface area contributed by atoms with Gasteiger partial charge in [-0.05, 0) is 136 Å². The Labute approximate surface area is 590 Å². The van der Waals surface area contributed by atoms with Crippen LogP contribution in [0.15, 0.2) is 119 Å². The molecular formula is C83H129N3S6. The Balaban J connectivity index is 1.02. The summed E-state index contributed by atoms with van der Waals surface area (Å²) in [6, 6.07) is 39.6. The third-order valence-corrected chi connectivity index (χ3v) is 25.5. The van der Waals surface area contributed by atoms with Crippen LogP contribution in [0.4, 0.5) is 17.1 Å². The van der Waals surface area contributed by atoms with Gasteiger partial charge in [-0.2, -0.15) is 0 Å². The Morgan fingerprint density at radius 2 is 0.554 bits per heavy atom.